The van der Waals surface area contributed by atoms with Crippen molar-refractivity contribution in [3.63, 3.8) is 0 Å². The fourth-order valence-corrected chi connectivity index (χ4v) is 22.9. The van der Waals surface area contributed by atoms with E-state index in [1.807, 2.05) is 0 Å². The van der Waals surface area contributed by atoms with Crippen LogP contribution in [0.25, 0.3) is 0 Å². The molecule has 4 nitrogen and oxygen atoms in total. The summed E-state index contributed by atoms with van der Waals surface area (Å²) in [5.41, 5.74) is 0. The maximum absolute atomic E-state index is 7.26. The van der Waals surface area contributed by atoms with E-state index < -0.39 is 41.6 Å². The smallest absolute Gasteiger partial charge is 0.396 e. The van der Waals surface area contributed by atoms with Crippen molar-refractivity contribution in [3.8, 4) is 0 Å². The highest BCUT2D eigenvalue weighted by molar-refractivity contribution is 7.19. The van der Waals surface area contributed by atoms with Gasteiger partial charge in [-0.3, -0.25) is 0 Å². The van der Waals surface area contributed by atoms with E-state index in [4.69, 9.17) is 27.5 Å². The van der Waals surface area contributed by atoms with Gasteiger partial charge in [0.1, 0.15) is 0 Å². The second-order valence-electron chi connectivity index (χ2n) is 11.3. The molecular weight excluding hydrogens is 444 g/mol. The van der Waals surface area contributed by atoms with Crippen LogP contribution in [0.1, 0.15) is 27.7 Å². The molecule has 0 aliphatic rings. The van der Waals surface area contributed by atoms with E-state index >= 15 is 0 Å². The molecule has 10 heteroatoms. The standard InChI is InChI=1S/C17H45ClO4Si5/c1-16(2)14-26(18,15-17(3)4)22-27(19-23(5,6)7,20-24(8,9)10)21-25(11,12)13/h16-17H,14-15H2,1-13H3. The Balaban J connectivity index is 6.20. The molecule has 0 N–H and O–H groups in total. The average molecular weight is 489 g/mol. The first-order chi connectivity index (χ1) is 11.7. The molecule has 0 rings (SSSR count). The molecule has 0 bridgehead atoms. The number of hydrogen-bond acceptors (Lipinski definition) is 4. The van der Waals surface area contributed by atoms with Gasteiger partial charge in [0, 0.05) is 0 Å². The third-order valence-corrected chi connectivity index (χ3v) is 20.3. The summed E-state index contributed by atoms with van der Waals surface area (Å²) >= 11 is 7.26. The molecule has 0 spiro atoms. The first-order valence-electron chi connectivity index (χ1n) is 10.2. The minimum atomic E-state index is -3.36. The highest BCUT2D eigenvalue weighted by atomic mass is 35.6. The molecule has 164 valence electrons. The molecule has 0 saturated carbocycles. The summed E-state index contributed by atoms with van der Waals surface area (Å²) in [6, 6.07) is 1.75. The van der Waals surface area contributed by atoms with Crippen LogP contribution in [0.5, 0.6) is 0 Å². The van der Waals surface area contributed by atoms with Gasteiger partial charge in [-0.15, -0.1) is 11.1 Å². The maximum Gasteiger partial charge on any atom is 0.637 e. The SMILES string of the molecule is CC(C)C[Si](Cl)(CC(C)C)O[Si](O[Si](C)(C)C)(O[Si](C)(C)C)O[Si](C)(C)C. The fraction of sp³-hybridized carbons (Fsp3) is 1.00. The topological polar surface area (TPSA) is 36.9 Å². The molecule has 0 amide bonds. The Labute approximate surface area is 179 Å². The Kier molecular flexibility index (Phi) is 10.5. The Morgan fingerprint density at radius 1 is 0.556 bits per heavy atom. The fourth-order valence-electron chi connectivity index (χ4n) is 2.86. The lowest BCUT2D eigenvalue weighted by atomic mass is 10.3. The van der Waals surface area contributed by atoms with Crippen molar-refractivity contribution in [2.45, 2.75) is 98.7 Å². The third kappa shape index (κ3) is 14.0. The normalized spacial score (nSPS) is 15.1. The molecule has 0 unspecified atom stereocenters. The second-order valence-corrected chi connectivity index (χ2v) is 32.9. The minimum absolute atomic E-state index is 0.463. The van der Waals surface area contributed by atoms with Crippen molar-refractivity contribution < 1.29 is 16.5 Å². The summed E-state index contributed by atoms with van der Waals surface area (Å²) in [6.45, 7) is 28.3. The lowest BCUT2D eigenvalue weighted by molar-refractivity contribution is 0.148. The van der Waals surface area contributed by atoms with Gasteiger partial charge in [0.25, 0.3) is 7.63 Å². The Morgan fingerprint density at radius 3 is 1.00 bits per heavy atom. The van der Waals surface area contributed by atoms with Gasteiger partial charge in [-0.2, -0.15) is 0 Å². The summed E-state index contributed by atoms with van der Waals surface area (Å²) < 4.78 is 26.9. The summed E-state index contributed by atoms with van der Waals surface area (Å²) in [5.74, 6) is 0.926. The zero-order valence-corrected chi connectivity index (χ0v) is 25.8. The molecule has 0 heterocycles. The minimum Gasteiger partial charge on any atom is -0.396 e. The average Bonchev–Trinajstić information content (AvgIpc) is 2.14. The van der Waals surface area contributed by atoms with E-state index in [0.717, 1.165) is 12.1 Å². The van der Waals surface area contributed by atoms with Gasteiger partial charge in [0.15, 0.2) is 25.0 Å². The first kappa shape index (κ1) is 28.2. The molecule has 0 aromatic rings. The second kappa shape index (κ2) is 10.0. The summed E-state index contributed by atoms with van der Waals surface area (Å²) in [4.78, 5) is 0. The zero-order chi connectivity index (χ0) is 21.9. The van der Waals surface area contributed by atoms with Crippen LogP contribution in [0.3, 0.4) is 0 Å². The van der Waals surface area contributed by atoms with Crippen molar-refractivity contribution in [1.29, 1.82) is 0 Å². The number of hydrogen-bond donors (Lipinski definition) is 0. The predicted octanol–water partition coefficient (Wildman–Crippen LogP) is 6.99. The van der Waals surface area contributed by atoms with Gasteiger partial charge in [-0.05, 0) is 82.8 Å². The van der Waals surface area contributed by atoms with Gasteiger partial charge < -0.3 is 16.5 Å². The quantitative estimate of drug-likeness (QED) is 0.219. The van der Waals surface area contributed by atoms with Crippen molar-refractivity contribution in [2.24, 2.45) is 11.8 Å². The van der Waals surface area contributed by atoms with E-state index in [0.29, 0.717) is 11.8 Å². The molecule has 0 fully saturated rings. The van der Waals surface area contributed by atoms with Gasteiger partial charge in [0.2, 0.25) is 0 Å². The van der Waals surface area contributed by atoms with Crippen LogP contribution in [-0.2, 0) is 16.5 Å². The lowest BCUT2D eigenvalue weighted by Gasteiger charge is -2.44. The molecule has 0 atom stereocenters. The molecule has 0 aromatic heterocycles. The van der Waals surface area contributed by atoms with E-state index in [1.165, 1.54) is 0 Å². The molecule has 0 aliphatic carbocycles. The summed E-state index contributed by atoms with van der Waals surface area (Å²) in [6.07, 6.45) is 0. The molecule has 27 heavy (non-hydrogen) atoms. The van der Waals surface area contributed by atoms with Crippen LogP contribution in [-0.4, -0.2) is 41.6 Å². The van der Waals surface area contributed by atoms with E-state index in [2.05, 4.69) is 86.6 Å². The van der Waals surface area contributed by atoms with Crippen LogP contribution >= 0.6 is 11.1 Å². The van der Waals surface area contributed by atoms with Gasteiger partial charge in [-0.1, -0.05) is 27.7 Å². The first-order valence-corrected chi connectivity index (χ1v) is 25.3. The Bertz CT molecular complexity index is 405. The predicted molar refractivity (Wildman–Crippen MR) is 131 cm³/mol. The van der Waals surface area contributed by atoms with Crippen LogP contribution in [0.4, 0.5) is 0 Å². The van der Waals surface area contributed by atoms with E-state index in [1.54, 1.807) is 0 Å². The number of halogens is 1. The molecule has 0 radical (unpaired) electrons. The van der Waals surface area contributed by atoms with Gasteiger partial charge >= 0.3 is 9.05 Å². The van der Waals surface area contributed by atoms with Crippen LogP contribution in [0, 0.1) is 11.8 Å². The largest absolute Gasteiger partial charge is 0.637 e. The van der Waals surface area contributed by atoms with Crippen LogP contribution in [0.2, 0.25) is 71.0 Å². The van der Waals surface area contributed by atoms with Crippen molar-refractivity contribution >= 4 is 52.7 Å². The zero-order valence-electron chi connectivity index (χ0n) is 20.1. The van der Waals surface area contributed by atoms with Crippen LogP contribution < -0.4 is 0 Å². The summed E-state index contributed by atoms with van der Waals surface area (Å²) in [5, 5.41) is 0. The maximum atomic E-state index is 7.26. The van der Waals surface area contributed by atoms with Crippen molar-refractivity contribution in [3.05, 3.63) is 0 Å². The molecule has 0 saturated heterocycles. The summed E-state index contributed by atoms with van der Waals surface area (Å²) in [7, 11) is -11.9. The van der Waals surface area contributed by atoms with E-state index in [9.17, 15) is 0 Å². The third-order valence-electron chi connectivity index (χ3n) is 3.03. The Morgan fingerprint density at radius 2 is 0.815 bits per heavy atom. The lowest BCUT2D eigenvalue weighted by Crippen LogP contribution is -2.65. The monoisotopic (exact) mass is 488 g/mol. The van der Waals surface area contributed by atoms with Gasteiger partial charge in [0.05, 0.1) is 0 Å². The highest BCUT2D eigenvalue weighted by Gasteiger charge is 2.58. The van der Waals surface area contributed by atoms with Gasteiger partial charge in [-0.25, -0.2) is 0 Å². The molecule has 0 aromatic carbocycles. The van der Waals surface area contributed by atoms with Crippen molar-refractivity contribution in [2.75, 3.05) is 0 Å². The molecular formula is C17H45ClO4Si5. The number of rotatable bonds is 12. The van der Waals surface area contributed by atoms with Crippen molar-refractivity contribution in [1.82, 2.24) is 0 Å². The highest BCUT2D eigenvalue weighted by Crippen LogP contribution is 2.37. The molecule has 0 aliphatic heterocycles. The Hall–Kier alpha value is 1.21. The van der Waals surface area contributed by atoms with Crippen LogP contribution in [0.15, 0.2) is 0 Å². The van der Waals surface area contributed by atoms with E-state index in [-0.39, 0.29) is 0 Å².